The van der Waals surface area contributed by atoms with Gasteiger partial charge in [0.05, 0.1) is 6.54 Å². The van der Waals surface area contributed by atoms with E-state index in [1.165, 1.54) is 6.07 Å². The van der Waals surface area contributed by atoms with Crippen molar-refractivity contribution in [1.82, 2.24) is 10.2 Å². The molecule has 1 aliphatic carbocycles. The predicted octanol–water partition coefficient (Wildman–Crippen LogP) is 1.47. The molecule has 0 aromatic heterocycles. The van der Waals surface area contributed by atoms with Crippen LogP contribution in [-0.2, 0) is 14.8 Å². The lowest BCUT2D eigenvalue weighted by atomic mass is 9.92. The van der Waals surface area contributed by atoms with Gasteiger partial charge in [-0.2, -0.15) is 8.42 Å². The van der Waals surface area contributed by atoms with E-state index in [9.17, 15) is 17.6 Å². The van der Waals surface area contributed by atoms with E-state index in [2.05, 4.69) is 9.71 Å². The zero-order valence-corrected chi connectivity index (χ0v) is 14.6. The molecule has 1 aromatic carbocycles. The summed E-state index contributed by atoms with van der Waals surface area (Å²) in [7, 11) is -3.66. The first kappa shape index (κ1) is 16.5. The summed E-state index contributed by atoms with van der Waals surface area (Å²) < 4.78 is 43.1. The highest BCUT2D eigenvalue weighted by Gasteiger charge is 2.40. The van der Waals surface area contributed by atoms with Gasteiger partial charge in [0.1, 0.15) is 10.6 Å². The van der Waals surface area contributed by atoms with Crippen molar-refractivity contribution in [1.29, 1.82) is 0 Å². The maximum atomic E-state index is 14.9. The third kappa shape index (κ3) is 3.15. The minimum Gasteiger partial charge on any atom is -0.355 e. The molecule has 1 aromatic rings. The van der Waals surface area contributed by atoms with Gasteiger partial charge in [-0.1, -0.05) is 12.1 Å². The fraction of sp³-hybridized carbons (Fsp3) is 0.529. The van der Waals surface area contributed by atoms with Gasteiger partial charge in [-0.05, 0) is 25.0 Å². The molecule has 2 fully saturated rings. The second-order valence-corrected chi connectivity index (χ2v) is 8.59. The topological polar surface area (TPSA) is 78.8 Å². The first-order valence-electron chi connectivity index (χ1n) is 8.54. The number of halogens is 1. The molecule has 0 spiro atoms. The summed E-state index contributed by atoms with van der Waals surface area (Å²) >= 11 is 0. The zero-order chi connectivity index (χ0) is 17.7. The minimum atomic E-state index is -3.66. The van der Waals surface area contributed by atoms with Crippen LogP contribution >= 0.6 is 0 Å². The molecule has 0 bridgehead atoms. The van der Waals surface area contributed by atoms with Crippen molar-refractivity contribution < 1.29 is 17.6 Å². The molecule has 1 saturated carbocycles. The Kier molecular flexibility index (Phi) is 3.82. The number of likely N-dealkylation sites (tertiary alicyclic amines) is 1. The molecule has 2 aliphatic heterocycles. The first-order chi connectivity index (χ1) is 11.9. The van der Waals surface area contributed by atoms with Crippen LogP contribution in [0.4, 0.5) is 4.39 Å². The average Bonchev–Trinajstić information content (AvgIpc) is 3.40. The summed E-state index contributed by atoms with van der Waals surface area (Å²) in [6.07, 6.45) is 2.26. The van der Waals surface area contributed by atoms with Crippen LogP contribution in [0, 0.1) is 5.92 Å². The van der Waals surface area contributed by atoms with Crippen LogP contribution in [0.25, 0.3) is 0 Å². The van der Waals surface area contributed by atoms with E-state index in [0.29, 0.717) is 24.5 Å². The number of alkyl halides is 1. The largest absolute Gasteiger partial charge is 0.355 e. The Morgan fingerprint density at radius 3 is 2.64 bits per heavy atom. The normalized spacial score (nSPS) is 23.7. The van der Waals surface area contributed by atoms with Crippen molar-refractivity contribution in [2.24, 2.45) is 10.3 Å². The Balaban J connectivity index is 1.43. The van der Waals surface area contributed by atoms with Crippen LogP contribution in [0.15, 0.2) is 33.6 Å². The number of hydrogen-bond acceptors (Lipinski definition) is 4. The highest BCUT2D eigenvalue weighted by atomic mass is 32.2. The monoisotopic (exact) mass is 365 g/mol. The number of piperidine rings is 1. The molecular weight excluding hydrogens is 345 g/mol. The lowest BCUT2D eigenvalue weighted by Crippen LogP contribution is -2.49. The first-order valence-corrected chi connectivity index (χ1v) is 9.98. The molecule has 0 atom stereocenters. The summed E-state index contributed by atoms with van der Waals surface area (Å²) in [4.78, 5) is 13.7. The molecule has 1 amide bonds. The van der Waals surface area contributed by atoms with E-state index in [-0.39, 0.29) is 36.1 Å². The molecule has 1 saturated heterocycles. The van der Waals surface area contributed by atoms with E-state index >= 15 is 0 Å². The molecule has 1 N–H and O–H groups in total. The molecule has 25 heavy (non-hydrogen) atoms. The summed E-state index contributed by atoms with van der Waals surface area (Å²) in [5.74, 6) is 0.414. The highest BCUT2D eigenvalue weighted by Crippen LogP contribution is 2.33. The van der Waals surface area contributed by atoms with Crippen molar-refractivity contribution in [3.8, 4) is 0 Å². The molecule has 4 rings (SSSR count). The Morgan fingerprint density at radius 1 is 1.28 bits per heavy atom. The molecule has 0 radical (unpaired) electrons. The smallest absolute Gasteiger partial charge is 0.285 e. The van der Waals surface area contributed by atoms with Crippen molar-refractivity contribution >= 4 is 21.8 Å². The number of carbonyl (C=O) groups excluding carboxylic acids is 1. The molecule has 8 heteroatoms. The van der Waals surface area contributed by atoms with Crippen molar-refractivity contribution in [2.75, 3.05) is 19.6 Å². The van der Waals surface area contributed by atoms with Gasteiger partial charge < -0.3 is 10.2 Å². The Hall–Kier alpha value is -1.96. The molecule has 2 heterocycles. The average molecular weight is 365 g/mol. The number of sulfonamides is 1. The third-order valence-corrected chi connectivity index (χ3v) is 6.42. The number of carbonyl (C=O) groups is 1. The quantitative estimate of drug-likeness (QED) is 0.880. The SMILES string of the molecule is O=C(NCC1(F)CCN(C2=NS(=O)(=O)c3ccccc32)CC1)C1CC1. The standard InChI is InChI=1S/C17H20FN3O3S/c18-17(11-19-16(22)12-5-6-12)7-9-21(10-8-17)15-13-3-1-2-4-14(13)25(23,24)20-15/h1-4,12H,5-11H2,(H,19,22). The van der Waals surface area contributed by atoms with Gasteiger partial charge in [-0.25, -0.2) is 4.39 Å². The maximum Gasteiger partial charge on any atom is 0.285 e. The lowest BCUT2D eigenvalue weighted by molar-refractivity contribution is -0.123. The van der Waals surface area contributed by atoms with Crippen LogP contribution in [0.5, 0.6) is 0 Å². The second-order valence-electron chi connectivity index (χ2n) is 7.02. The summed E-state index contributed by atoms with van der Waals surface area (Å²) in [5, 5.41) is 2.71. The van der Waals surface area contributed by atoms with E-state index < -0.39 is 15.7 Å². The summed E-state index contributed by atoms with van der Waals surface area (Å²) in [5.41, 5.74) is -0.866. The van der Waals surface area contributed by atoms with Gasteiger partial charge in [-0.3, -0.25) is 4.79 Å². The second kappa shape index (κ2) is 5.79. The zero-order valence-electron chi connectivity index (χ0n) is 13.7. The van der Waals surface area contributed by atoms with E-state index in [0.717, 1.165) is 12.8 Å². The van der Waals surface area contributed by atoms with E-state index in [1.54, 1.807) is 18.2 Å². The van der Waals surface area contributed by atoms with Crippen LogP contribution in [-0.4, -0.2) is 50.4 Å². The number of nitrogens with zero attached hydrogens (tertiary/aromatic N) is 2. The number of fused-ring (bicyclic) bond motifs is 1. The van der Waals surface area contributed by atoms with Crippen LogP contribution < -0.4 is 5.32 Å². The fourth-order valence-corrected chi connectivity index (χ4v) is 4.58. The van der Waals surface area contributed by atoms with Crippen molar-refractivity contribution in [3.63, 3.8) is 0 Å². The molecule has 6 nitrogen and oxygen atoms in total. The summed E-state index contributed by atoms with van der Waals surface area (Å²) in [6, 6.07) is 6.70. The van der Waals surface area contributed by atoms with Gasteiger partial charge in [-0.15, -0.1) is 4.40 Å². The molecule has 134 valence electrons. The number of nitrogens with one attached hydrogen (secondary N) is 1. The summed E-state index contributed by atoms with van der Waals surface area (Å²) in [6.45, 7) is 0.772. The molecule has 3 aliphatic rings. The number of amidine groups is 1. The Morgan fingerprint density at radius 2 is 1.96 bits per heavy atom. The van der Waals surface area contributed by atoms with Gasteiger partial charge in [0.25, 0.3) is 10.0 Å². The number of rotatable bonds is 3. The minimum absolute atomic E-state index is 0.0253. The van der Waals surface area contributed by atoms with Gasteiger partial charge in [0.2, 0.25) is 5.91 Å². The van der Waals surface area contributed by atoms with E-state index in [4.69, 9.17) is 0 Å². The number of hydrogen-bond donors (Lipinski definition) is 1. The van der Waals surface area contributed by atoms with Crippen LogP contribution in [0.2, 0.25) is 0 Å². The number of benzene rings is 1. The van der Waals surface area contributed by atoms with E-state index in [1.807, 2.05) is 4.90 Å². The number of amides is 1. The van der Waals surface area contributed by atoms with Crippen molar-refractivity contribution in [2.45, 2.75) is 36.2 Å². The Labute approximate surface area is 146 Å². The maximum absolute atomic E-state index is 14.9. The highest BCUT2D eigenvalue weighted by molar-refractivity contribution is 7.90. The van der Waals surface area contributed by atoms with Gasteiger partial charge >= 0.3 is 0 Å². The van der Waals surface area contributed by atoms with Crippen molar-refractivity contribution in [3.05, 3.63) is 29.8 Å². The van der Waals surface area contributed by atoms with Gasteiger partial charge in [0.15, 0.2) is 5.84 Å². The van der Waals surface area contributed by atoms with Crippen LogP contribution in [0.3, 0.4) is 0 Å². The third-order valence-electron chi connectivity index (χ3n) is 5.10. The molecular formula is C17H20FN3O3S. The predicted molar refractivity (Wildman–Crippen MR) is 90.5 cm³/mol. The fourth-order valence-electron chi connectivity index (χ4n) is 3.35. The molecule has 0 unspecified atom stereocenters. The lowest BCUT2D eigenvalue weighted by Gasteiger charge is -2.37. The Bertz CT molecular complexity index is 840. The van der Waals surface area contributed by atoms with Gasteiger partial charge in [0, 0.05) is 37.4 Å². The van der Waals surface area contributed by atoms with Crippen LogP contribution in [0.1, 0.15) is 31.2 Å².